The molecule has 0 aliphatic carbocycles. The molecule has 0 radical (unpaired) electrons. The summed E-state index contributed by atoms with van der Waals surface area (Å²) in [6.45, 7) is -0.143. The molecule has 4 amide bonds. The van der Waals surface area contributed by atoms with E-state index in [4.69, 9.17) is 9.79 Å². The Morgan fingerprint density at radius 1 is 1.00 bits per heavy atom. The fourth-order valence-corrected chi connectivity index (χ4v) is 8.58. The van der Waals surface area contributed by atoms with Gasteiger partial charge >= 0.3 is 19.4 Å². The Balaban J connectivity index is 1.16. The van der Waals surface area contributed by atoms with E-state index in [1.54, 1.807) is 18.2 Å². The van der Waals surface area contributed by atoms with Crippen LogP contribution < -0.4 is 10.6 Å². The lowest BCUT2D eigenvalue weighted by Crippen LogP contribution is -2.71. The van der Waals surface area contributed by atoms with Crippen molar-refractivity contribution in [3.63, 3.8) is 0 Å². The maximum atomic E-state index is 14.3. The normalized spacial score (nSPS) is 22.3. The lowest BCUT2D eigenvalue weighted by atomic mass is 9.84. The molecule has 2 aromatic heterocycles. The summed E-state index contributed by atoms with van der Waals surface area (Å²) >= 11 is 0.949. The molecule has 0 bridgehead atoms. The molecule has 3 atom stereocenters. The fraction of sp³-hybridized carbons (Fsp3) is 0.485. The topological polar surface area (TPSA) is 169 Å². The van der Waals surface area contributed by atoms with Gasteiger partial charge in [-0.05, 0) is 61.4 Å². The van der Waals surface area contributed by atoms with Crippen LogP contribution in [0.2, 0.25) is 0 Å². The van der Waals surface area contributed by atoms with E-state index in [0.29, 0.717) is 36.1 Å². The van der Waals surface area contributed by atoms with E-state index in [-0.39, 0.29) is 35.8 Å². The average molecular weight is 772 g/mol. The highest BCUT2D eigenvalue weighted by Gasteiger charge is 2.53. The first kappa shape index (κ1) is 37.8. The molecule has 12 nitrogen and oxygen atoms in total. The Hall–Kier alpha value is -3.99. The van der Waals surface area contributed by atoms with Crippen LogP contribution in [0.25, 0.3) is 10.1 Å². The Bertz CT molecular complexity index is 1920. The maximum absolute atomic E-state index is 14.3. The molecule has 6 rings (SSSR count). The van der Waals surface area contributed by atoms with Crippen LogP contribution in [0, 0.1) is 0 Å². The van der Waals surface area contributed by atoms with Crippen molar-refractivity contribution in [3.05, 3.63) is 64.8 Å². The van der Waals surface area contributed by atoms with Gasteiger partial charge in [-0.2, -0.15) is 22.0 Å². The van der Waals surface area contributed by atoms with Crippen molar-refractivity contribution in [2.45, 2.75) is 86.9 Å². The van der Waals surface area contributed by atoms with E-state index in [2.05, 4.69) is 15.6 Å². The Kier molecular flexibility index (Phi) is 10.2. The van der Waals surface area contributed by atoms with Gasteiger partial charge in [-0.25, -0.2) is 0 Å². The van der Waals surface area contributed by atoms with Gasteiger partial charge in [0.25, 0.3) is 5.91 Å². The van der Waals surface area contributed by atoms with Gasteiger partial charge in [0.15, 0.2) is 0 Å². The van der Waals surface area contributed by atoms with Gasteiger partial charge in [0.2, 0.25) is 17.7 Å². The number of fused-ring (bicyclic) bond motifs is 2. The molecule has 0 saturated carbocycles. The molecule has 3 aliphatic heterocycles. The number of nitrogens with one attached hydrogen (secondary N) is 2. The number of aromatic nitrogens is 1. The van der Waals surface area contributed by atoms with Crippen molar-refractivity contribution in [2.75, 3.05) is 13.1 Å². The van der Waals surface area contributed by atoms with Crippen LogP contribution in [0.5, 0.6) is 0 Å². The zero-order valence-corrected chi connectivity index (χ0v) is 29.2. The van der Waals surface area contributed by atoms with Gasteiger partial charge < -0.3 is 30.2 Å². The predicted octanol–water partition coefficient (Wildman–Crippen LogP) is 4.75. The summed E-state index contributed by atoms with van der Waals surface area (Å²) in [5.41, 5.74) is -6.18. The van der Waals surface area contributed by atoms with Gasteiger partial charge in [0.1, 0.15) is 17.6 Å². The molecule has 3 fully saturated rings. The van der Waals surface area contributed by atoms with Gasteiger partial charge in [-0.3, -0.25) is 28.7 Å². The Morgan fingerprint density at radius 3 is 2.40 bits per heavy atom. The minimum absolute atomic E-state index is 0.0717. The highest BCUT2D eigenvalue weighted by molar-refractivity contribution is 7.52. The van der Waals surface area contributed by atoms with Gasteiger partial charge in [0.05, 0.1) is 30.1 Å². The van der Waals surface area contributed by atoms with E-state index < -0.39 is 79.1 Å². The standard InChI is InChI=1S/C33H35F5N5O7PS/c34-32(35,36)13-12-27(44)41-31(26-7-3-4-14-39-26)17-42(18-31)30(47)23-10-9-21-5-1-2-6-22(29(46)43(21)23)40-28(45)25-16-19-15-20(8-11-24(19)52-25)33(37,38)51(48,49)50/h3-4,7-8,11,14-16,21-23H,1-2,5-6,9-10,12-13,17-18H2,(H,40,45)(H,41,44)(H2,48,49,50)/t21-,22-,23-/m0/s1. The Morgan fingerprint density at radius 2 is 1.73 bits per heavy atom. The summed E-state index contributed by atoms with van der Waals surface area (Å²) in [7, 11) is -5.81. The average Bonchev–Trinajstić information content (AvgIpc) is 3.69. The third kappa shape index (κ3) is 7.56. The highest BCUT2D eigenvalue weighted by atomic mass is 32.1. The van der Waals surface area contributed by atoms with E-state index in [0.717, 1.165) is 29.9 Å². The maximum Gasteiger partial charge on any atom is 0.399 e. The number of nitrogens with zero attached hydrogens (tertiary/aromatic N) is 3. The van der Waals surface area contributed by atoms with Gasteiger partial charge in [-0.1, -0.05) is 25.0 Å². The smallest absolute Gasteiger partial charge is 0.342 e. The minimum atomic E-state index is -5.81. The molecule has 52 heavy (non-hydrogen) atoms. The second-order valence-electron chi connectivity index (χ2n) is 13.4. The van der Waals surface area contributed by atoms with Crippen LogP contribution >= 0.6 is 18.9 Å². The number of amides is 4. The van der Waals surface area contributed by atoms with E-state index in [9.17, 15) is 45.7 Å². The lowest BCUT2D eigenvalue weighted by Gasteiger charge is -2.51. The number of hydrogen-bond acceptors (Lipinski definition) is 7. The van der Waals surface area contributed by atoms with Gasteiger partial charge in [0, 0.05) is 28.9 Å². The van der Waals surface area contributed by atoms with Crippen molar-refractivity contribution < 1.29 is 55.5 Å². The molecule has 280 valence electrons. The minimum Gasteiger partial charge on any atom is -0.342 e. The number of benzene rings is 1. The molecule has 0 unspecified atom stereocenters. The molecule has 1 aromatic carbocycles. The lowest BCUT2D eigenvalue weighted by molar-refractivity contribution is -0.155. The predicted molar refractivity (Wildman–Crippen MR) is 177 cm³/mol. The summed E-state index contributed by atoms with van der Waals surface area (Å²) in [5.74, 6) is -2.36. The molecule has 0 spiro atoms. The third-order valence-electron chi connectivity index (χ3n) is 9.78. The molecule has 19 heteroatoms. The SMILES string of the molecule is O=C(CCC(F)(F)F)NC1(c2ccccn2)CN(C(=O)[C@@H]2CC[C@@H]3CCCC[C@H](NC(=O)c4cc5cc(C(F)(F)P(=O)(O)O)ccc5s4)C(=O)N32)C1. The molecular formula is C33H35F5N5O7PS. The molecule has 5 heterocycles. The number of likely N-dealkylation sites (tertiary alicyclic amines) is 1. The van der Waals surface area contributed by atoms with Crippen LogP contribution in [0.4, 0.5) is 22.0 Å². The summed E-state index contributed by atoms with van der Waals surface area (Å²) in [4.78, 5) is 79.6. The van der Waals surface area contributed by atoms with Crippen LogP contribution in [-0.4, -0.2) is 85.6 Å². The van der Waals surface area contributed by atoms with Crippen LogP contribution in [-0.2, 0) is 30.2 Å². The number of hydrogen-bond donors (Lipinski definition) is 4. The number of carbonyl (C=O) groups is 4. The summed E-state index contributed by atoms with van der Waals surface area (Å²) < 4.78 is 78.8. The van der Waals surface area contributed by atoms with Crippen molar-refractivity contribution in [2.24, 2.45) is 0 Å². The summed E-state index contributed by atoms with van der Waals surface area (Å²) in [6.07, 6.45) is -2.02. The first-order valence-corrected chi connectivity index (χ1v) is 19.0. The monoisotopic (exact) mass is 771 g/mol. The molecular weight excluding hydrogens is 736 g/mol. The van der Waals surface area contributed by atoms with Crippen LogP contribution in [0.1, 0.15) is 72.3 Å². The van der Waals surface area contributed by atoms with E-state index >= 15 is 0 Å². The van der Waals surface area contributed by atoms with Crippen molar-refractivity contribution in [3.8, 4) is 0 Å². The van der Waals surface area contributed by atoms with Crippen molar-refractivity contribution >= 4 is 52.6 Å². The number of halogens is 5. The fourth-order valence-electron chi connectivity index (χ4n) is 7.16. The zero-order chi connectivity index (χ0) is 37.6. The first-order chi connectivity index (χ1) is 24.4. The van der Waals surface area contributed by atoms with Crippen LogP contribution in [0.3, 0.4) is 0 Å². The molecule has 4 N–H and O–H groups in total. The molecule has 3 saturated heterocycles. The second-order valence-corrected chi connectivity index (χ2v) is 16.1. The number of thiophene rings is 1. The largest absolute Gasteiger partial charge is 0.399 e. The number of carbonyl (C=O) groups excluding carboxylic acids is 4. The van der Waals surface area contributed by atoms with E-state index in [1.165, 1.54) is 28.1 Å². The quantitative estimate of drug-likeness (QED) is 0.179. The van der Waals surface area contributed by atoms with Crippen molar-refractivity contribution in [1.29, 1.82) is 0 Å². The number of pyridine rings is 1. The van der Waals surface area contributed by atoms with E-state index in [1.807, 2.05) is 0 Å². The summed E-state index contributed by atoms with van der Waals surface area (Å²) in [6, 6.07) is 7.05. The number of alkyl halides is 5. The Labute approximate surface area is 297 Å². The van der Waals surface area contributed by atoms with Crippen molar-refractivity contribution in [1.82, 2.24) is 25.4 Å². The first-order valence-electron chi connectivity index (χ1n) is 16.6. The third-order valence-corrected chi connectivity index (χ3v) is 11.9. The second kappa shape index (κ2) is 14.1. The van der Waals surface area contributed by atoms with Crippen LogP contribution in [0.15, 0.2) is 48.7 Å². The molecule has 3 aliphatic rings. The zero-order valence-electron chi connectivity index (χ0n) is 27.4. The molecule has 3 aromatic rings. The van der Waals surface area contributed by atoms with Gasteiger partial charge in [-0.15, -0.1) is 11.3 Å². The number of rotatable bonds is 9. The summed E-state index contributed by atoms with van der Waals surface area (Å²) in [5, 5.41) is 5.55. The highest BCUT2D eigenvalue weighted by Crippen LogP contribution is 2.59.